The number of thiophene rings is 2. The highest BCUT2D eigenvalue weighted by Gasteiger charge is 2.23. The van der Waals surface area contributed by atoms with Crippen LogP contribution < -0.4 is 4.74 Å². The maximum Gasteiger partial charge on any atom is 0.136 e. The molecule has 2 nitrogen and oxygen atoms in total. The summed E-state index contributed by atoms with van der Waals surface area (Å²) in [4.78, 5) is 0.523. The zero-order valence-corrected chi connectivity index (χ0v) is 12.0. The fraction of sp³-hybridized carbons (Fsp3) is 0.143. The Balaban J connectivity index is 2.05. The summed E-state index contributed by atoms with van der Waals surface area (Å²) >= 11 is 2.86. The molecule has 0 saturated carbocycles. The van der Waals surface area contributed by atoms with Gasteiger partial charge in [0.05, 0.1) is 12.7 Å². The Labute approximate surface area is 121 Å². The van der Waals surface area contributed by atoms with Gasteiger partial charge in [0, 0.05) is 26.4 Å². The largest absolute Gasteiger partial charge is 0.497 e. The van der Waals surface area contributed by atoms with E-state index in [-0.39, 0.29) is 11.3 Å². The van der Waals surface area contributed by atoms with Gasteiger partial charge in [-0.2, -0.15) is 0 Å². The van der Waals surface area contributed by atoms with Crippen LogP contribution in [0.4, 0.5) is 8.78 Å². The molecule has 6 heteroatoms. The molecule has 1 unspecified atom stereocenters. The van der Waals surface area contributed by atoms with Crippen molar-refractivity contribution in [1.82, 2.24) is 0 Å². The van der Waals surface area contributed by atoms with Crippen molar-refractivity contribution >= 4 is 32.1 Å². The number of aliphatic hydroxyl groups excluding tert-OH is 1. The fourth-order valence-electron chi connectivity index (χ4n) is 2.00. The van der Waals surface area contributed by atoms with Crippen molar-refractivity contribution in [2.24, 2.45) is 0 Å². The van der Waals surface area contributed by atoms with Crippen molar-refractivity contribution in [3.8, 4) is 5.75 Å². The van der Waals surface area contributed by atoms with Gasteiger partial charge in [0.1, 0.15) is 23.5 Å². The Kier molecular flexibility index (Phi) is 3.45. The SMILES string of the molecule is COc1cc(F)c(C(O)c2cc3sccc3s2)c(F)c1. The highest BCUT2D eigenvalue weighted by Crippen LogP contribution is 2.37. The predicted molar refractivity (Wildman–Crippen MR) is 76.7 cm³/mol. The summed E-state index contributed by atoms with van der Waals surface area (Å²) < 4.78 is 34.7. The molecule has 2 heterocycles. The van der Waals surface area contributed by atoms with Crippen LogP contribution >= 0.6 is 22.7 Å². The van der Waals surface area contributed by atoms with Crippen LogP contribution in [0.25, 0.3) is 9.40 Å². The molecule has 0 aliphatic rings. The molecular weight excluding hydrogens is 302 g/mol. The Morgan fingerprint density at radius 2 is 1.85 bits per heavy atom. The number of rotatable bonds is 3. The van der Waals surface area contributed by atoms with Crippen molar-refractivity contribution in [2.45, 2.75) is 6.10 Å². The Bertz CT molecular complexity index is 712. The molecule has 0 radical (unpaired) electrons. The van der Waals surface area contributed by atoms with Crippen molar-refractivity contribution in [3.05, 3.63) is 51.7 Å². The standard InChI is InChI=1S/C14H10F2O2S2/c1-18-7-4-8(15)13(9(16)5-7)14(17)12-6-11-10(20-12)2-3-19-11/h2-6,14,17H,1H3. The molecule has 1 N–H and O–H groups in total. The highest BCUT2D eigenvalue weighted by atomic mass is 32.1. The van der Waals surface area contributed by atoms with Crippen LogP contribution in [-0.4, -0.2) is 12.2 Å². The van der Waals surface area contributed by atoms with Crippen LogP contribution in [0, 0.1) is 11.6 Å². The van der Waals surface area contributed by atoms with E-state index in [1.165, 1.54) is 29.8 Å². The fourth-order valence-corrected chi connectivity index (χ4v) is 4.12. The third-order valence-corrected chi connectivity index (χ3v) is 5.14. The van der Waals surface area contributed by atoms with E-state index >= 15 is 0 Å². The van der Waals surface area contributed by atoms with Crippen LogP contribution in [0.2, 0.25) is 0 Å². The first kappa shape index (κ1) is 13.5. The first-order valence-electron chi connectivity index (χ1n) is 5.78. The van der Waals surface area contributed by atoms with E-state index in [0.717, 1.165) is 21.5 Å². The molecule has 3 aromatic rings. The molecular formula is C14H10F2O2S2. The summed E-state index contributed by atoms with van der Waals surface area (Å²) in [6.45, 7) is 0. The maximum absolute atomic E-state index is 13.9. The van der Waals surface area contributed by atoms with Gasteiger partial charge in [-0.15, -0.1) is 22.7 Å². The number of methoxy groups -OCH3 is 1. The number of hydrogen-bond donors (Lipinski definition) is 1. The van der Waals surface area contributed by atoms with Gasteiger partial charge in [-0.1, -0.05) is 0 Å². The predicted octanol–water partition coefficient (Wildman–Crippen LogP) is 4.33. The lowest BCUT2D eigenvalue weighted by atomic mass is 10.1. The summed E-state index contributed by atoms with van der Waals surface area (Å²) in [5.41, 5.74) is -0.347. The van der Waals surface area contributed by atoms with Crippen molar-refractivity contribution in [2.75, 3.05) is 7.11 Å². The van der Waals surface area contributed by atoms with Gasteiger partial charge in [0.15, 0.2) is 0 Å². The number of aliphatic hydroxyl groups is 1. The molecule has 2 aromatic heterocycles. The molecule has 0 fully saturated rings. The lowest BCUT2D eigenvalue weighted by Crippen LogP contribution is -2.05. The first-order valence-corrected chi connectivity index (χ1v) is 7.47. The van der Waals surface area contributed by atoms with Crippen molar-refractivity contribution < 1.29 is 18.6 Å². The van der Waals surface area contributed by atoms with E-state index in [4.69, 9.17) is 4.74 Å². The normalized spacial score (nSPS) is 12.8. The van der Waals surface area contributed by atoms with Gasteiger partial charge >= 0.3 is 0 Å². The summed E-state index contributed by atoms with van der Waals surface area (Å²) in [5.74, 6) is -1.54. The van der Waals surface area contributed by atoms with Crippen molar-refractivity contribution in [3.63, 3.8) is 0 Å². The number of halogens is 2. The highest BCUT2D eigenvalue weighted by molar-refractivity contribution is 7.26. The van der Waals surface area contributed by atoms with E-state index in [2.05, 4.69) is 0 Å². The molecule has 0 amide bonds. The molecule has 1 atom stereocenters. The number of benzene rings is 1. The second kappa shape index (κ2) is 5.12. The van der Waals surface area contributed by atoms with E-state index in [9.17, 15) is 13.9 Å². The third-order valence-electron chi connectivity index (χ3n) is 2.99. The van der Waals surface area contributed by atoms with Gasteiger partial charge in [-0.25, -0.2) is 8.78 Å². The molecule has 104 valence electrons. The summed E-state index contributed by atoms with van der Waals surface area (Å²) in [5, 5.41) is 12.2. The van der Waals surface area contributed by atoms with Gasteiger partial charge < -0.3 is 9.84 Å². The van der Waals surface area contributed by atoms with Crippen LogP contribution in [0.5, 0.6) is 5.75 Å². The first-order chi connectivity index (χ1) is 9.60. The zero-order valence-electron chi connectivity index (χ0n) is 10.4. The molecule has 3 rings (SSSR count). The minimum Gasteiger partial charge on any atom is -0.497 e. The summed E-state index contributed by atoms with van der Waals surface area (Å²) in [6.07, 6.45) is -1.31. The lowest BCUT2D eigenvalue weighted by molar-refractivity contribution is 0.212. The van der Waals surface area contributed by atoms with E-state index in [1.807, 2.05) is 11.4 Å². The molecule has 0 bridgehead atoms. The van der Waals surface area contributed by atoms with Crippen LogP contribution in [0.1, 0.15) is 16.5 Å². The molecule has 0 aliphatic carbocycles. The van der Waals surface area contributed by atoms with Crippen LogP contribution in [0.15, 0.2) is 29.6 Å². The van der Waals surface area contributed by atoms with Crippen LogP contribution in [0.3, 0.4) is 0 Å². The molecule has 0 saturated heterocycles. The number of fused-ring (bicyclic) bond motifs is 1. The van der Waals surface area contributed by atoms with Crippen LogP contribution in [-0.2, 0) is 0 Å². The van der Waals surface area contributed by atoms with Gasteiger partial charge in [0.2, 0.25) is 0 Å². The van der Waals surface area contributed by atoms with E-state index in [0.29, 0.717) is 4.88 Å². The lowest BCUT2D eigenvalue weighted by Gasteiger charge is -2.12. The minimum atomic E-state index is -1.31. The Hall–Kier alpha value is -1.50. The second-order valence-corrected chi connectivity index (χ2v) is 6.27. The quantitative estimate of drug-likeness (QED) is 0.780. The van der Waals surface area contributed by atoms with Gasteiger partial charge in [-0.05, 0) is 17.5 Å². The Morgan fingerprint density at radius 3 is 2.45 bits per heavy atom. The number of hydrogen-bond acceptors (Lipinski definition) is 4. The maximum atomic E-state index is 13.9. The second-order valence-electron chi connectivity index (χ2n) is 4.21. The number of ether oxygens (including phenoxy) is 1. The monoisotopic (exact) mass is 312 g/mol. The summed E-state index contributed by atoms with van der Waals surface area (Å²) in [6, 6.07) is 5.81. The van der Waals surface area contributed by atoms with Crippen molar-refractivity contribution in [1.29, 1.82) is 0 Å². The smallest absolute Gasteiger partial charge is 0.136 e. The molecule has 0 aliphatic heterocycles. The van der Waals surface area contributed by atoms with E-state index in [1.54, 1.807) is 6.07 Å². The zero-order chi connectivity index (χ0) is 14.3. The molecule has 1 aromatic carbocycles. The van der Waals surface area contributed by atoms with E-state index < -0.39 is 17.7 Å². The topological polar surface area (TPSA) is 29.5 Å². The molecule has 20 heavy (non-hydrogen) atoms. The van der Waals surface area contributed by atoms with Gasteiger partial charge in [0.25, 0.3) is 0 Å². The molecule has 0 spiro atoms. The average molecular weight is 312 g/mol. The third kappa shape index (κ3) is 2.19. The average Bonchev–Trinajstić information content (AvgIpc) is 2.98. The summed E-state index contributed by atoms with van der Waals surface area (Å²) in [7, 11) is 1.33. The van der Waals surface area contributed by atoms with Gasteiger partial charge in [-0.3, -0.25) is 0 Å². The Morgan fingerprint density at radius 1 is 1.15 bits per heavy atom. The minimum absolute atomic E-state index is 0.0862.